The Kier molecular flexibility index (Phi) is 4.65. The third-order valence-electron chi connectivity index (χ3n) is 3.90. The van der Waals surface area contributed by atoms with Crippen LogP contribution in [-0.2, 0) is 16.0 Å². The zero-order valence-electron chi connectivity index (χ0n) is 11.5. The lowest BCUT2D eigenvalue weighted by Crippen LogP contribution is -2.49. The Morgan fingerprint density at radius 1 is 1.35 bits per heavy atom. The lowest BCUT2D eigenvalue weighted by atomic mass is 9.92. The molecule has 2 atom stereocenters. The van der Waals surface area contributed by atoms with Gasteiger partial charge in [0.1, 0.15) is 0 Å². The molecule has 2 N–H and O–H groups in total. The van der Waals surface area contributed by atoms with Crippen LogP contribution >= 0.6 is 11.6 Å². The summed E-state index contributed by atoms with van der Waals surface area (Å²) in [5, 5.41) is 0.594. The number of nitrogens with two attached hydrogens (primary N) is 1. The predicted octanol–water partition coefficient (Wildman–Crippen LogP) is 1.99. The molecular formula is C15H19ClN2O2. The van der Waals surface area contributed by atoms with Crippen molar-refractivity contribution in [1.82, 2.24) is 4.90 Å². The molecule has 0 unspecified atom stereocenters. The highest BCUT2D eigenvalue weighted by Gasteiger charge is 2.31. The van der Waals surface area contributed by atoms with Gasteiger partial charge >= 0.3 is 0 Å². The van der Waals surface area contributed by atoms with E-state index in [1.165, 1.54) is 0 Å². The van der Waals surface area contributed by atoms with Gasteiger partial charge < -0.3 is 10.6 Å². The van der Waals surface area contributed by atoms with Crippen molar-refractivity contribution in [1.29, 1.82) is 0 Å². The molecule has 1 heterocycles. The number of halogens is 1. The summed E-state index contributed by atoms with van der Waals surface area (Å²) < 4.78 is 0. The molecule has 0 aliphatic carbocycles. The number of primary amides is 1. The molecule has 4 nitrogen and oxygen atoms in total. The van der Waals surface area contributed by atoms with Gasteiger partial charge in [0.25, 0.3) is 0 Å². The highest BCUT2D eigenvalue weighted by molar-refractivity contribution is 6.31. The number of hydrogen-bond donors (Lipinski definition) is 1. The average Bonchev–Trinajstić information content (AvgIpc) is 2.41. The smallest absolute Gasteiger partial charge is 0.227 e. The maximum Gasteiger partial charge on any atom is 0.227 e. The van der Waals surface area contributed by atoms with Crippen molar-refractivity contribution in [2.75, 3.05) is 6.54 Å². The van der Waals surface area contributed by atoms with Gasteiger partial charge in [-0.25, -0.2) is 0 Å². The summed E-state index contributed by atoms with van der Waals surface area (Å²) in [4.78, 5) is 25.5. The van der Waals surface area contributed by atoms with Crippen LogP contribution in [0.15, 0.2) is 24.3 Å². The van der Waals surface area contributed by atoms with Crippen LogP contribution in [0.2, 0.25) is 5.02 Å². The maximum absolute atomic E-state index is 12.4. The van der Waals surface area contributed by atoms with Crippen molar-refractivity contribution >= 4 is 23.4 Å². The van der Waals surface area contributed by atoms with E-state index in [2.05, 4.69) is 0 Å². The van der Waals surface area contributed by atoms with Crippen LogP contribution in [-0.4, -0.2) is 29.3 Å². The Balaban J connectivity index is 2.07. The van der Waals surface area contributed by atoms with Gasteiger partial charge in [-0.1, -0.05) is 29.8 Å². The Hall–Kier alpha value is -1.55. The van der Waals surface area contributed by atoms with Crippen LogP contribution in [0, 0.1) is 5.92 Å². The first-order chi connectivity index (χ1) is 9.49. The van der Waals surface area contributed by atoms with Crippen molar-refractivity contribution < 1.29 is 9.59 Å². The summed E-state index contributed by atoms with van der Waals surface area (Å²) in [6.45, 7) is 2.42. The molecule has 1 saturated heterocycles. The van der Waals surface area contributed by atoms with Crippen LogP contribution in [0.4, 0.5) is 0 Å². The molecule has 1 aliphatic rings. The van der Waals surface area contributed by atoms with E-state index < -0.39 is 0 Å². The van der Waals surface area contributed by atoms with Gasteiger partial charge in [0.05, 0.1) is 12.3 Å². The minimum atomic E-state index is -0.326. The summed E-state index contributed by atoms with van der Waals surface area (Å²) in [5.74, 6) is -0.564. The number of nitrogens with zero attached hydrogens (tertiary/aromatic N) is 1. The summed E-state index contributed by atoms with van der Waals surface area (Å²) in [7, 11) is 0. The number of amides is 2. The lowest BCUT2D eigenvalue weighted by Gasteiger charge is -2.37. The van der Waals surface area contributed by atoms with E-state index in [-0.39, 0.29) is 30.2 Å². The number of carbonyl (C=O) groups excluding carboxylic acids is 2. The van der Waals surface area contributed by atoms with Gasteiger partial charge in [-0.2, -0.15) is 0 Å². The molecule has 0 aromatic heterocycles. The average molecular weight is 295 g/mol. The van der Waals surface area contributed by atoms with Crippen LogP contribution in [0.5, 0.6) is 0 Å². The number of rotatable bonds is 3. The Morgan fingerprint density at radius 3 is 2.70 bits per heavy atom. The largest absolute Gasteiger partial charge is 0.369 e. The molecule has 0 radical (unpaired) electrons. The molecule has 20 heavy (non-hydrogen) atoms. The number of hydrogen-bond acceptors (Lipinski definition) is 2. The van der Waals surface area contributed by atoms with Crippen LogP contribution in [0.1, 0.15) is 25.3 Å². The molecule has 2 rings (SSSR count). The molecular weight excluding hydrogens is 276 g/mol. The fourth-order valence-corrected chi connectivity index (χ4v) is 2.80. The van der Waals surface area contributed by atoms with Crippen molar-refractivity contribution in [3.05, 3.63) is 34.9 Å². The van der Waals surface area contributed by atoms with E-state index in [1.807, 2.05) is 25.1 Å². The lowest BCUT2D eigenvalue weighted by molar-refractivity contribution is -0.136. The molecule has 1 aromatic rings. The third kappa shape index (κ3) is 3.31. The quantitative estimate of drug-likeness (QED) is 0.926. The Morgan fingerprint density at radius 2 is 2.05 bits per heavy atom. The topological polar surface area (TPSA) is 63.4 Å². The second kappa shape index (κ2) is 6.27. The van der Waals surface area contributed by atoms with E-state index in [0.29, 0.717) is 11.6 Å². The third-order valence-corrected chi connectivity index (χ3v) is 4.27. The molecule has 0 bridgehead atoms. The maximum atomic E-state index is 12.4. The summed E-state index contributed by atoms with van der Waals surface area (Å²) in [6.07, 6.45) is 1.82. The first-order valence-electron chi connectivity index (χ1n) is 6.81. The minimum Gasteiger partial charge on any atom is -0.369 e. The van der Waals surface area contributed by atoms with Gasteiger partial charge in [0.15, 0.2) is 0 Å². The highest BCUT2D eigenvalue weighted by atomic mass is 35.5. The fraction of sp³-hybridized carbons (Fsp3) is 0.467. The van der Waals surface area contributed by atoms with Crippen molar-refractivity contribution in [3.63, 3.8) is 0 Å². The molecule has 0 saturated carbocycles. The first-order valence-corrected chi connectivity index (χ1v) is 7.19. The van der Waals surface area contributed by atoms with Crippen molar-refractivity contribution in [3.8, 4) is 0 Å². The zero-order valence-corrected chi connectivity index (χ0v) is 12.3. The predicted molar refractivity (Wildman–Crippen MR) is 78.2 cm³/mol. The summed E-state index contributed by atoms with van der Waals surface area (Å²) in [5.41, 5.74) is 6.17. The van der Waals surface area contributed by atoms with E-state index in [4.69, 9.17) is 17.3 Å². The number of piperidine rings is 1. The number of carbonyl (C=O) groups is 2. The van der Waals surface area contributed by atoms with Crippen LogP contribution < -0.4 is 5.73 Å². The van der Waals surface area contributed by atoms with E-state index in [9.17, 15) is 9.59 Å². The summed E-state index contributed by atoms with van der Waals surface area (Å²) in [6, 6.07) is 7.46. The van der Waals surface area contributed by atoms with Gasteiger partial charge in [0, 0.05) is 17.6 Å². The standard InChI is InChI=1S/C15H19ClN2O2/c1-10-6-7-12(15(17)20)9-18(10)14(19)8-11-4-2-3-5-13(11)16/h2-5,10,12H,6-9H2,1H3,(H2,17,20)/t10-,12+/m1/s1. The van der Waals surface area contributed by atoms with Crippen LogP contribution in [0.25, 0.3) is 0 Å². The van der Waals surface area contributed by atoms with Crippen molar-refractivity contribution in [2.24, 2.45) is 11.7 Å². The van der Waals surface area contributed by atoms with Crippen molar-refractivity contribution in [2.45, 2.75) is 32.2 Å². The number of likely N-dealkylation sites (tertiary alicyclic amines) is 1. The monoisotopic (exact) mass is 294 g/mol. The molecule has 0 spiro atoms. The molecule has 1 aliphatic heterocycles. The highest BCUT2D eigenvalue weighted by Crippen LogP contribution is 2.23. The van der Waals surface area contributed by atoms with Gasteiger partial charge in [0.2, 0.25) is 11.8 Å². The van der Waals surface area contributed by atoms with Gasteiger partial charge in [-0.05, 0) is 31.4 Å². The Labute approximate surface area is 123 Å². The SMILES string of the molecule is C[C@@H]1CC[C@H](C(N)=O)CN1C(=O)Cc1ccccc1Cl. The minimum absolute atomic E-state index is 0.00319. The zero-order chi connectivity index (χ0) is 14.7. The second-order valence-corrected chi connectivity index (χ2v) is 5.75. The van der Waals surface area contributed by atoms with Gasteiger partial charge in [-0.3, -0.25) is 9.59 Å². The second-order valence-electron chi connectivity index (χ2n) is 5.34. The molecule has 1 fully saturated rings. The van der Waals surface area contributed by atoms with E-state index in [0.717, 1.165) is 18.4 Å². The molecule has 108 valence electrons. The normalized spacial score (nSPS) is 22.6. The molecule has 2 amide bonds. The summed E-state index contributed by atoms with van der Waals surface area (Å²) >= 11 is 6.08. The molecule has 5 heteroatoms. The Bertz CT molecular complexity index is 518. The van der Waals surface area contributed by atoms with E-state index in [1.54, 1.807) is 11.0 Å². The first kappa shape index (κ1) is 14.9. The van der Waals surface area contributed by atoms with E-state index >= 15 is 0 Å². The fourth-order valence-electron chi connectivity index (χ4n) is 2.59. The number of benzene rings is 1. The van der Waals surface area contributed by atoms with Gasteiger partial charge in [-0.15, -0.1) is 0 Å². The van der Waals surface area contributed by atoms with Crippen LogP contribution in [0.3, 0.4) is 0 Å². The molecule has 1 aromatic carbocycles.